The number of likely N-dealkylation sites (tertiary alicyclic amines) is 1. The molecule has 1 aliphatic heterocycles. The molecule has 0 radical (unpaired) electrons. The molecule has 2 amide bonds. The van der Waals surface area contributed by atoms with Crippen molar-refractivity contribution < 1.29 is 14.3 Å². The number of ether oxygens (including phenoxy) is 1. The summed E-state index contributed by atoms with van der Waals surface area (Å²) in [6, 6.07) is 10.5. The Morgan fingerprint density at radius 2 is 1.79 bits per heavy atom. The molecule has 5 heteroatoms. The lowest BCUT2D eigenvalue weighted by atomic mass is 9.89. The lowest BCUT2D eigenvalue weighted by Gasteiger charge is -2.32. The Bertz CT molecular complexity index is 543. The fourth-order valence-electron chi connectivity index (χ4n) is 2.93. The number of rotatable bonds is 4. The number of piperidine rings is 1. The van der Waals surface area contributed by atoms with Gasteiger partial charge in [0.1, 0.15) is 5.60 Å². The predicted molar refractivity (Wildman–Crippen MR) is 93.9 cm³/mol. The monoisotopic (exact) mass is 332 g/mol. The second-order valence-electron chi connectivity index (χ2n) is 7.24. The van der Waals surface area contributed by atoms with Gasteiger partial charge >= 0.3 is 6.09 Å². The second-order valence-corrected chi connectivity index (χ2v) is 7.24. The minimum absolute atomic E-state index is 0.0950. The number of alkyl carbamates (subject to hydrolysis) is 1. The van der Waals surface area contributed by atoms with Gasteiger partial charge in [0.15, 0.2) is 0 Å². The Kier molecular flexibility index (Phi) is 6.23. The van der Waals surface area contributed by atoms with E-state index in [0.29, 0.717) is 18.9 Å². The molecule has 1 aliphatic rings. The Morgan fingerprint density at radius 1 is 1.17 bits per heavy atom. The van der Waals surface area contributed by atoms with Crippen LogP contribution in [0.2, 0.25) is 0 Å². The van der Waals surface area contributed by atoms with Crippen molar-refractivity contribution in [1.82, 2.24) is 10.2 Å². The van der Waals surface area contributed by atoms with Crippen molar-refractivity contribution in [3.05, 3.63) is 35.9 Å². The van der Waals surface area contributed by atoms with E-state index >= 15 is 0 Å². The zero-order valence-corrected chi connectivity index (χ0v) is 14.9. The van der Waals surface area contributed by atoms with Gasteiger partial charge in [-0.3, -0.25) is 4.79 Å². The number of carbonyl (C=O) groups is 2. The maximum atomic E-state index is 12.2. The molecule has 1 N–H and O–H groups in total. The Morgan fingerprint density at radius 3 is 2.38 bits per heavy atom. The normalized spacial score (nSPS) is 15.9. The van der Waals surface area contributed by atoms with Crippen LogP contribution in [0.1, 0.15) is 51.5 Å². The molecule has 1 heterocycles. The topological polar surface area (TPSA) is 58.6 Å². The molecular weight excluding hydrogens is 304 g/mol. The summed E-state index contributed by atoms with van der Waals surface area (Å²) in [7, 11) is 0. The van der Waals surface area contributed by atoms with Gasteiger partial charge in [0.2, 0.25) is 5.91 Å². The largest absolute Gasteiger partial charge is 0.444 e. The summed E-state index contributed by atoms with van der Waals surface area (Å²) >= 11 is 0. The standard InChI is InChI=1S/C19H28N2O3/c1-19(2,3)24-18(23)20-12-9-17(22)21-13-10-16(11-14-21)15-7-5-4-6-8-15/h4-8,16H,9-14H2,1-3H3,(H,20,23). The fourth-order valence-corrected chi connectivity index (χ4v) is 2.93. The van der Waals surface area contributed by atoms with Crippen LogP contribution >= 0.6 is 0 Å². The van der Waals surface area contributed by atoms with E-state index in [1.165, 1.54) is 5.56 Å². The maximum absolute atomic E-state index is 12.2. The summed E-state index contributed by atoms with van der Waals surface area (Å²) in [6.07, 6.45) is 1.83. The highest BCUT2D eigenvalue weighted by molar-refractivity contribution is 5.77. The number of hydrogen-bond acceptors (Lipinski definition) is 3. The molecule has 0 unspecified atom stereocenters. The van der Waals surface area contributed by atoms with E-state index in [-0.39, 0.29) is 5.91 Å². The number of nitrogens with one attached hydrogen (secondary N) is 1. The van der Waals surface area contributed by atoms with Gasteiger partial charge in [0.05, 0.1) is 0 Å². The van der Waals surface area contributed by atoms with Crippen LogP contribution in [0.4, 0.5) is 4.79 Å². The molecule has 0 aliphatic carbocycles. The summed E-state index contributed by atoms with van der Waals surface area (Å²) in [4.78, 5) is 25.7. The first-order chi connectivity index (χ1) is 11.3. The van der Waals surface area contributed by atoms with E-state index < -0.39 is 11.7 Å². The molecule has 0 bridgehead atoms. The molecule has 24 heavy (non-hydrogen) atoms. The summed E-state index contributed by atoms with van der Waals surface area (Å²) in [5, 5.41) is 2.64. The van der Waals surface area contributed by atoms with E-state index in [9.17, 15) is 9.59 Å². The van der Waals surface area contributed by atoms with Crippen LogP contribution in [0.3, 0.4) is 0 Å². The summed E-state index contributed by atoms with van der Waals surface area (Å²) in [5.41, 5.74) is 0.837. The molecule has 2 rings (SSSR count). The van der Waals surface area contributed by atoms with Crippen molar-refractivity contribution in [2.45, 2.75) is 51.6 Å². The average molecular weight is 332 g/mol. The Hall–Kier alpha value is -2.04. The maximum Gasteiger partial charge on any atom is 0.407 e. The van der Waals surface area contributed by atoms with Crippen LogP contribution < -0.4 is 5.32 Å². The second kappa shape index (κ2) is 8.18. The third kappa shape index (κ3) is 5.87. The van der Waals surface area contributed by atoms with E-state index in [1.807, 2.05) is 31.7 Å². The van der Waals surface area contributed by atoms with Crippen molar-refractivity contribution >= 4 is 12.0 Å². The molecule has 5 nitrogen and oxygen atoms in total. The van der Waals surface area contributed by atoms with Gasteiger partial charge in [-0.15, -0.1) is 0 Å². The van der Waals surface area contributed by atoms with Crippen LogP contribution in [0.25, 0.3) is 0 Å². The van der Waals surface area contributed by atoms with Crippen LogP contribution in [0.5, 0.6) is 0 Å². The lowest BCUT2D eigenvalue weighted by molar-refractivity contribution is -0.132. The average Bonchev–Trinajstić information content (AvgIpc) is 2.54. The van der Waals surface area contributed by atoms with Crippen molar-refractivity contribution in [2.75, 3.05) is 19.6 Å². The van der Waals surface area contributed by atoms with Gasteiger partial charge in [-0.2, -0.15) is 0 Å². The highest BCUT2D eigenvalue weighted by Gasteiger charge is 2.23. The highest BCUT2D eigenvalue weighted by atomic mass is 16.6. The quantitative estimate of drug-likeness (QED) is 0.920. The van der Waals surface area contributed by atoms with Crippen molar-refractivity contribution in [1.29, 1.82) is 0 Å². The Balaban J connectivity index is 1.69. The smallest absolute Gasteiger partial charge is 0.407 e. The zero-order valence-electron chi connectivity index (χ0n) is 14.9. The summed E-state index contributed by atoms with van der Waals surface area (Å²) in [5.74, 6) is 0.632. The lowest BCUT2D eigenvalue weighted by Crippen LogP contribution is -2.40. The van der Waals surface area contributed by atoms with E-state index in [1.54, 1.807) is 0 Å². The number of amides is 2. The summed E-state index contributed by atoms with van der Waals surface area (Å²) in [6.45, 7) is 7.32. The van der Waals surface area contributed by atoms with Crippen LogP contribution in [0, 0.1) is 0 Å². The number of hydrogen-bond donors (Lipinski definition) is 1. The molecule has 0 atom stereocenters. The Labute approximate surface area is 144 Å². The molecule has 0 aromatic heterocycles. The first-order valence-electron chi connectivity index (χ1n) is 8.65. The third-order valence-electron chi connectivity index (χ3n) is 4.13. The SMILES string of the molecule is CC(C)(C)OC(=O)NCCC(=O)N1CCC(c2ccccc2)CC1. The fraction of sp³-hybridized carbons (Fsp3) is 0.579. The van der Waals surface area contributed by atoms with Gasteiger partial charge in [-0.1, -0.05) is 30.3 Å². The van der Waals surface area contributed by atoms with Crippen LogP contribution in [-0.4, -0.2) is 42.1 Å². The van der Waals surface area contributed by atoms with Gasteiger partial charge in [-0.05, 0) is 45.1 Å². The van der Waals surface area contributed by atoms with Crippen molar-refractivity contribution in [2.24, 2.45) is 0 Å². The molecule has 1 saturated heterocycles. The molecule has 1 aromatic rings. The van der Waals surface area contributed by atoms with Crippen molar-refractivity contribution in [3.8, 4) is 0 Å². The molecule has 132 valence electrons. The van der Waals surface area contributed by atoms with Gasteiger partial charge in [0.25, 0.3) is 0 Å². The number of carbonyl (C=O) groups excluding carboxylic acids is 2. The van der Waals surface area contributed by atoms with E-state index in [2.05, 4.69) is 29.6 Å². The molecule has 1 aromatic carbocycles. The highest BCUT2D eigenvalue weighted by Crippen LogP contribution is 2.27. The summed E-state index contributed by atoms with van der Waals surface area (Å²) < 4.78 is 5.15. The van der Waals surface area contributed by atoms with E-state index in [4.69, 9.17) is 4.74 Å². The minimum Gasteiger partial charge on any atom is -0.444 e. The first kappa shape index (κ1) is 18.3. The van der Waals surface area contributed by atoms with Crippen LogP contribution in [0.15, 0.2) is 30.3 Å². The van der Waals surface area contributed by atoms with E-state index in [0.717, 1.165) is 25.9 Å². The van der Waals surface area contributed by atoms with Gasteiger partial charge < -0.3 is 15.0 Å². The van der Waals surface area contributed by atoms with Gasteiger partial charge in [-0.25, -0.2) is 4.79 Å². The molecule has 0 spiro atoms. The molecule has 1 fully saturated rings. The van der Waals surface area contributed by atoms with Gasteiger partial charge in [0, 0.05) is 26.1 Å². The first-order valence-corrected chi connectivity index (χ1v) is 8.65. The number of nitrogens with zero attached hydrogens (tertiary/aromatic N) is 1. The van der Waals surface area contributed by atoms with Crippen LogP contribution in [-0.2, 0) is 9.53 Å². The predicted octanol–water partition coefficient (Wildman–Crippen LogP) is 3.31. The zero-order chi connectivity index (χ0) is 17.6. The van der Waals surface area contributed by atoms with Crippen molar-refractivity contribution in [3.63, 3.8) is 0 Å². The number of benzene rings is 1. The third-order valence-corrected chi connectivity index (χ3v) is 4.13. The minimum atomic E-state index is -0.520. The molecule has 0 saturated carbocycles. The molecular formula is C19H28N2O3.